The average molecular weight is 480 g/mol. The number of benzene rings is 3. The van der Waals surface area contributed by atoms with Gasteiger partial charge in [0.15, 0.2) is 17.8 Å². The van der Waals surface area contributed by atoms with Gasteiger partial charge in [-0.25, -0.2) is 0 Å². The third-order valence-electron chi connectivity index (χ3n) is 6.04. The van der Waals surface area contributed by atoms with E-state index >= 15 is 0 Å². The van der Waals surface area contributed by atoms with Gasteiger partial charge in [0.1, 0.15) is 5.75 Å². The molecule has 7 heteroatoms. The van der Waals surface area contributed by atoms with Crippen LogP contribution in [0, 0.1) is 11.3 Å². The fraction of sp³-hybridized carbons (Fsp3) is 0.393. The lowest BCUT2D eigenvalue weighted by atomic mass is 9.90. The van der Waals surface area contributed by atoms with Gasteiger partial charge < -0.3 is 29.0 Å². The molecule has 35 heavy (non-hydrogen) atoms. The number of nitrogens with one attached hydrogen (secondary N) is 1. The number of methoxy groups -OCH3 is 2. The summed E-state index contributed by atoms with van der Waals surface area (Å²) in [5.41, 5.74) is 0.680. The van der Waals surface area contributed by atoms with Crippen LogP contribution < -0.4 is 19.5 Å². The van der Waals surface area contributed by atoms with Crippen LogP contribution in [0.25, 0.3) is 10.8 Å². The molecule has 0 radical (unpaired) electrons. The second-order valence-corrected chi connectivity index (χ2v) is 9.44. The Morgan fingerprint density at radius 1 is 0.971 bits per heavy atom. The van der Waals surface area contributed by atoms with Gasteiger partial charge in [-0.3, -0.25) is 4.79 Å². The highest BCUT2D eigenvalue weighted by Gasteiger charge is 2.40. The van der Waals surface area contributed by atoms with E-state index < -0.39 is 11.7 Å². The van der Waals surface area contributed by atoms with Crippen molar-refractivity contribution in [3.8, 4) is 17.2 Å². The van der Waals surface area contributed by atoms with Gasteiger partial charge in [-0.2, -0.15) is 0 Å². The van der Waals surface area contributed by atoms with Gasteiger partial charge in [0, 0.05) is 22.0 Å². The molecule has 0 spiro atoms. The van der Waals surface area contributed by atoms with Gasteiger partial charge in [-0.05, 0) is 37.1 Å². The van der Waals surface area contributed by atoms with Crippen molar-refractivity contribution >= 4 is 22.4 Å². The van der Waals surface area contributed by atoms with Crippen molar-refractivity contribution in [2.45, 2.75) is 27.1 Å². The quantitative estimate of drug-likeness (QED) is 0.454. The molecule has 0 saturated carbocycles. The number of amides is 1. The van der Waals surface area contributed by atoms with E-state index in [0.717, 1.165) is 27.8 Å². The minimum Gasteiger partial charge on any atom is -0.493 e. The number of rotatable bonds is 8. The molecular weight excluding hydrogens is 446 g/mol. The first-order chi connectivity index (χ1) is 16.8. The molecular formula is C28H33NO6. The molecule has 0 bridgehead atoms. The summed E-state index contributed by atoms with van der Waals surface area (Å²) in [7, 11) is 3.17. The summed E-state index contributed by atoms with van der Waals surface area (Å²) in [6, 6.07) is 17.2. The van der Waals surface area contributed by atoms with Crippen LogP contribution in [0.5, 0.6) is 17.2 Å². The molecule has 3 aromatic carbocycles. The third kappa shape index (κ3) is 5.36. The summed E-state index contributed by atoms with van der Waals surface area (Å²) in [5, 5.41) is 4.97. The summed E-state index contributed by atoms with van der Waals surface area (Å²) in [6.45, 7) is 7.12. The molecule has 1 saturated heterocycles. The van der Waals surface area contributed by atoms with Gasteiger partial charge in [0.2, 0.25) is 5.91 Å². The largest absolute Gasteiger partial charge is 0.493 e. The Bertz CT molecular complexity index is 1180. The van der Waals surface area contributed by atoms with Crippen LogP contribution in [0.3, 0.4) is 0 Å². The van der Waals surface area contributed by atoms with Gasteiger partial charge in [0.05, 0.1) is 39.5 Å². The molecule has 0 unspecified atom stereocenters. The molecule has 4 rings (SSSR count). The van der Waals surface area contributed by atoms with E-state index in [9.17, 15) is 4.79 Å². The lowest BCUT2D eigenvalue weighted by molar-refractivity contribution is -0.226. The topological polar surface area (TPSA) is 75.3 Å². The van der Waals surface area contributed by atoms with Crippen molar-refractivity contribution in [1.29, 1.82) is 0 Å². The highest BCUT2D eigenvalue weighted by atomic mass is 16.7. The summed E-state index contributed by atoms with van der Waals surface area (Å²) < 4.78 is 28.6. The van der Waals surface area contributed by atoms with Crippen LogP contribution in [0.4, 0.5) is 5.69 Å². The molecule has 1 aliphatic heterocycles. The summed E-state index contributed by atoms with van der Waals surface area (Å²) in [6.07, 6.45) is -0.589. The van der Waals surface area contributed by atoms with Crippen molar-refractivity contribution in [2.24, 2.45) is 11.3 Å². The van der Waals surface area contributed by atoms with Crippen LogP contribution in [0.1, 0.15) is 32.6 Å². The average Bonchev–Trinajstić information content (AvgIpc) is 2.88. The zero-order valence-corrected chi connectivity index (χ0v) is 20.9. The minimum absolute atomic E-state index is 0.163. The second-order valence-electron chi connectivity index (χ2n) is 9.44. The fourth-order valence-electron chi connectivity index (χ4n) is 3.97. The molecule has 1 heterocycles. The molecule has 3 aromatic rings. The minimum atomic E-state index is -0.846. The van der Waals surface area contributed by atoms with Crippen molar-refractivity contribution in [2.75, 3.05) is 39.4 Å². The summed E-state index contributed by atoms with van der Waals surface area (Å²) in [5.74, 6) is 2.28. The Labute approximate surface area is 206 Å². The standard InChI is InChI=1S/C28H33NO6/c1-18(2)15-33-23-13-11-22(20-8-6-7-9-21(20)23)29-27(30)28(3)16-34-26(35-17-28)19-10-12-24(31-4)25(14-19)32-5/h6-14,18,26H,15-17H2,1-5H3,(H,29,30). The molecule has 1 amide bonds. The van der Waals surface area contributed by atoms with E-state index in [0.29, 0.717) is 24.0 Å². The predicted molar refractivity (Wildman–Crippen MR) is 135 cm³/mol. The molecule has 1 fully saturated rings. The number of hydrogen-bond donors (Lipinski definition) is 1. The molecule has 0 aromatic heterocycles. The van der Waals surface area contributed by atoms with Crippen molar-refractivity contribution in [3.63, 3.8) is 0 Å². The first kappa shape index (κ1) is 24.8. The van der Waals surface area contributed by atoms with E-state index in [1.807, 2.05) is 55.5 Å². The Hall–Kier alpha value is -3.29. The fourth-order valence-corrected chi connectivity index (χ4v) is 3.97. The van der Waals surface area contributed by atoms with Crippen LogP contribution in [-0.2, 0) is 14.3 Å². The maximum Gasteiger partial charge on any atom is 0.235 e. The lowest BCUT2D eigenvalue weighted by Gasteiger charge is -2.36. The number of carbonyl (C=O) groups is 1. The highest BCUT2D eigenvalue weighted by molar-refractivity contribution is 6.05. The Kier molecular flexibility index (Phi) is 7.48. The molecule has 1 N–H and O–H groups in total. The molecule has 0 atom stereocenters. The van der Waals surface area contributed by atoms with Gasteiger partial charge in [-0.15, -0.1) is 0 Å². The SMILES string of the molecule is COc1ccc(C2OCC(C)(C(=O)Nc3ccc(OCC(C)C)c4ccccc34)CO2)cc1OC. The Morgan fingerprint density at radius 2 is 1.63 bits per heavy atom. The van der Waals surface area contributed by atoms with Crippen LogP contribution in [0.2, 0.25) is 0 Å². The number of fused-ring (bicyclic) bond motifs is 1. The Morgan fingerprint density at radius 3 is 2.29 bits per heavy atom. The van der Waals surface area contributed by atoms with Gasteiger partial charge >= 0.3 is 0 Å². The zero-order chi connectivity index (χ0) is 25.0. The van der Waals surface area contributed by atoms with Crippen LogP contribution in [-0.4, -0.2) is 39.9 Å². The first-order valence-corrected chi connectivity index (χ1v) is 11.8. The van der Waals surface area contributed by atoms with E-state index in [-0.39, 0.29) is 19.1 Å². The zero-order valence-electron chi connectivity index (χ0n) is 20.9. The molecule has 7 nitrogen and oxygen atoms in total. The monoisotopic (exact) mass is 479 g/mol. The normalized spacial score (nSPS) is 20.0. The van der Waals surface area contributed by atoms with Crippen LogP contribution >= 0.6 is 0 Å². The number of anilines is 1. The smallest absolute Gasteiger partial charge is 0.235 e. The van der Waals surface area contributed by atoms with E-state index in [1.165, 1.54) is 0 Å². The number of ether oxygens (including phenoxy) is 5. The van der Waals surface area contributed by atoms with Gasteiger partial charge in [-0.1, -0.05) is 44.2 Å². The number of carbonyl (C=O) groups excluding carboxylic acids is 1. The van der Waals surface area contributed by atoms with Crippen molar-refractivity contribution in [1.82, 2.24) is 0 Å². The molecule has 1 aliphatic rings. The van der Waals surface area contributed by atoms with Crippen molar-refractivity contribution in [3.05, 3.63) is 60.2 Å². The third-order valence-corrected chi connectivity index (χ3v) is 6.04. The maximum absolute atomic E-state index is 13.3. The molecule has 0 aliphatic carbocycles. The van der Waals surface area contributed by atoms with Gasteiger partial charge in [0.25, 0.3) is 0 Å². The van der Waals surface area contributed by atoms with E-state index in [1.54, 1.807) is 20.3 Å². The number of hydrogen-bond acceptors (Lipinski definition) is 6. The van der Waals surface area contributed by atoms with Crippen molar-refractivity contribution < 1.29 is 28.5 Å². The first-order valence-electron chi connectivity index (χ1n) is 11.8. The lowest BCUT2D eigenvalue weighted by Crippen LogP contribution is -2.45. The second kappa shape index (κ2) is 10.5. The highest BCUT2D eigenvalue weighted by Crippen LogP contribution is 2.37. The maximum atomic E-state index is 13.3. The van der Waals surface area contributed by atoms with E-state index in [4.69, 9.17) is 23.7 Å². The van der Waals surface area contributed by atoms with E-state index in [2.05, 4.69) is 19.2 Å². The summed E-state index contributed by atoms with van der Waals surface area (Å²) in [4.78, 5) is 13.3. The molecule has 186 valence electrons. The van der Waals surface area contributed by atoms with Crippen LogP contribution in [0.15, 0.2) is 54.6 Å². The summed E-state index contributed by atoms with van der Waals surface area (Å²) >= 11 is 0. The predicted octanol–water partition coefficient (Wildman–Crippen LogP) is 5.58. The Balaban J connectivity index is 1.47.